The van der Waals surface area contributed by atoms with Crippen molar-refractivity contribution in [1.82, 2.24) is 5.32 Å². The minimum Gasteiger partial charge on any atom is -0.495 e. The molecule has 0 saturated carbocycles. The van der Waals surface area contributed by atoms with Crippen LogP contribution in [0, 0.1) is 12.7 Å². The molecule has 1 aromatic heterocycles. The van der Waals surface area contributed by atoms with Crippen molar-refractivity contribution in [2.24, 2.45) is 0 Å². The Balaban J connectivity index is 1.89. The molecule has 1 atom stereocenters. The van der Waals surface area contributed by atoms with E-state index in [1.807, 2.05) is 0 Å². The predicted molar refractivity (Wildman–Crippen MR) is 120 cm³/mol. The van der Waals surface area contributed by atoms with Gasteiger partial charge in [0, 0.05) is 5.69 Å². The fourth-order valence-electron chi connectivity index (χ4n) is 2.89. The van der Waals surface area contributed by atoms with Crippen LogP contribution in [0.25, 0.3) is 11.3 Å². The molecule has 8 nitrogen and oxygen atoms in total. The zero-order valence-corrected chi connectivity index (χ0v) is 18.8. The van der Waals surface area contributed by atoms with Gasteiger partial charge in [-0.3, -0.25) is 9.52 Å². The van der Waals surface area contributed by atoms with Crippen molar-refractivity contribution in [1.29, 1.82) is 0 Å². The van der Waals surface area contributed by atoms with Crippen molar-refractivity contribution in [3.8, 4) is 17.1 Å². The number of rotatable bonds is 8. The van der Waals surface area contributed by atoms with Crippen LogP contribution in [-0.4, -0.2) is 34.5 Å². The van der Waals surface area contributed by atoms with E-state index in [0.717, 1.165) is 6.07 Å². The summed E-state index contributed by atoms with van der Waals surface area (Å²) in [6.45, 7) is 3.41. The molecule has 0 aliphatic heterocycles. The van der Waals surface area contributed by atoms with Crippen LogP contribution < -0.4 is 20.1 Å². The first kappa shape index (κ1) is 23.3. The highest BCUT2D eigenvalue weighted by atomic mass is 32.2. The van der Waals surface area contributed by atoms with Gasteiger partial charge in [0.25, 0.3) is 10.0 Å². The molecule has 0 radical (unpaired) electrons. The van der Waals surface area contributed by atoms with E-state index in [-0.39, 0.29) is 27.8 Å². The summed E-state index contributed by atoms with van der Waals surface area (Å²) in [4.78, 5) is 11.8. The summed E-state index contributed by atoms with van der Waals surface area (Å²) < 4.78 is 53.5. The molecule has 0 aliphatic rings. The number of carbonyl (C=O) groups excluding carboxylic acids is 1. The fraction of sp³-hybridized carbons (Fsp3) is 0.227. The maximum absolute atomic E-state index is 14.6. The van der Waals surface area contributed by atoms with Gasteiger partial charge in [0.05, 0.1) is 29.3 Å². The lowest BCUT2D eigenvalue weighted by Crippen LogP contribution is -2.35. The first-order valence-electron chi connectivity index (χ1n) is 9.70. The second kappa shape index (κ2) is 9.41. The SMILES string of the molecule is CN[C@@H](C)C(=O)Nc1ccc(OC)c(NS(=O)(=O)c2ccc(-c3ccc(C)o3)c(F)c2)c1. The number of hydrogen-bond acceptors (Lipinski definition) is 6. The monoisotopic (exact) mass is 461 g/mol. The van der Waals surface area contributed by atoms with E-state index < -0.39 is 21.9 Å². The molecule has 32 heavy (non-hydrogen) atoms. The molecule has 0 aliphatic carbocycles. The maximum atomic E-state index is 14.6. The van der Waals surface area contributed by atoms with E-state index in [0.29, 0.717) is 17.2 Å². The summed E-state index contributed by atoms with van der Waals surface area (Å²) in [7, 11) is -1.12. The number of amides is 1. The van der Waals surface area contributed by atoms with Crippen LogP contribution in [0.4, 0.5) is 15.8 Å². The number of furan rings is 1. The van der Waals surface area contributed by atoms with E-state index in [1.165, 1.54) is 31.4 Å². The van der Waals surface area contributed by atoms with Gasteiger partial charge in [-0.2, -0.15) is 0 Å². The van der Waals surface area contributed by atoms with Crippen LogP contribution in [-0.2, 0) is 14.8 Å². The molecular weight excluding hydrogens is 437 g/mol. The molecule has 10 heteroatoms. The summed E-state index contributed by atoms with van der Waals surface area (Å²) in [5.74, 6) is 0.115. The first-order valence-corrected chi connectivity index (χ1v) is 11.2. The Morgan fingerprint density at radius 1 is 1.12 bits per heavy atom. The number of benzene rings is 2. The number of sulfonamides is 1. The third-order valence-corrected chi connectivity index (χ3v) is 6.16. The number of anilines is 2. The van der Waals surface area contributed by atoms with E-state index in [1.54, 1.807) is 39.1 Å². The van der Waals surface area contributed by atoms with E-state index >= 15 is 0 Å². The quantitative estimate of drug-likeness (QED) is 0.471. The van der Waals surface area contributed by atoms with Gasteiger partial charge in [-0.25, -0.2) is 12.8 Å². The lowest BCUT2D eigenvalue weighted by molar-refractivity contribution is -0.117. The molecule has 2 aromatic carbocycles. The van der Waals surface area contributed by atoms with Crippen molar-refractivity contribution in [2.75, 3.05) is 24.2 Å². The number of ether oxygens (including phenoxy) is 1. The Morgan fingerprint density at radius 3 is 2.47 bits per heavy atom. The minimum atomic E-state index is -4.15. The van der Waals surface area contributed by atoms with Gasteiger partial charge in [-0.1, -0.05) is 0 Å². The summed E-state index contributed by atoms with van der Waals surface area (Å²) in [5.41, 5.74) is 0.608. The summed E-state index contributed by atoms with van der Waals surface area (Å²) >= 11 is 0. The zero-order chi connectivity index (χ0) is 23.5. The van der Waals surface area contributed by atoms with Crippen molar-refractivity contribution in [2.45, 2.75) is 24.8 Å². The standard InChI is InChI=1S/C22H24FN3O5S/c1-13-5-9-20(31-13)17-8-7-16(12-18(17)23)32(28,29)26-19-11-15(6-10-21(19)30-4)25-22(27)14(2)24-3/h5-12,14,24,26H,1-4H3,(H,25,27)/t14-/m0/s1. The van der Waals surface area contributed by atoms with Crippen LogP contribution in [0.5, 0.6) is 5.75 Å². The van der Waals surface area contributed by atoms with Crippen LogP contribution in [0.3, 0.4) is 0 Å². The minimum absolute atomic E-state index is 0.0913. The number of likely N-dealkylation sites (N-methyl/N-ethyl adjacent to an activating group) is 1. The maximum Gasteiger partial charge on any atom is 0.262 e. The first-order chi connectivity index (χ1) is 15.1. The number of nitrogens with one attached hydrogen (secondary N) is 3. The van der Waals surface area contributed by atoms with Crippen molar-refractivity contribution in [3.63, 3.8) is 0 Å². The highest BCUT2D eigenvalue weighted by Crippen LogP contribution is 2.31. The average molecular weight is 462 g/mol. The topological polar surface area (TPSA) is 110 Å². The molecule has 0 spiro atoms. The Morgan fingerprint density at radius 2 is 1.88 bits per heavy atom. The molecule has 0 bridgehead atoms. The van der Waals surface area contributed by atoms with Crippen LogP contribution in [0.2, 0.25) is 0 Å². The van der Waals surface area contributed by atoms with Gasteiger partial charge in [-0.15, -0.1) is 0 Å². The molecule has 3 rings (SSSR count). The van der Waals surface area contributed by atoms with Gasteiger partial charge in [0.2, 0.25) is 5.91 Å². The van der Waals surface area contributed by atoms with Gasteiger partial charge in [-0.05, 0) is 69.4 Å². The highest BCUT2D eigenvalue weighted by molar-refractivity contribution is 7.92. The van der Waals surface area contributed by atoms with Gasteiger partial charge < -0.3 is 19.8 Å². The molecule has 0 fully saturated rings. The smallest absolute Gasteiger partial charge is 0.262 e. The van der Waals surface area contributed by atoms with Crippen LogP contribution >= 0.6 is 0 Å². The molecule has 0 saturated heterocycles. The number of hydrogen-bond donors (Lipinski definition) is 3. The molecule has 0 unspecified atom stereocenters. The Kier molecular flexibility index (Phi) is 6.85. The molecule has 1 amide bonds. The van der Waals surface area contributed by atoms with Crippen molar-refractivity contribution >= 4 is 27.3 Å². The Hall–Kier alpha value is -3.37. The second-order valence-corrected chi connectivity index (χ2v) is 8.75. The average Bonchev–Trinajstić information content (AvgIpc) is 3.18. The summed E-state index contributed by atoms with van der Waals surface area (Å²) in [6, 6.07) is 10.9. The number of methoxy groups -OCH3 is 1. The summed E-state index contributed by atoms with van der Waals surface area (Å²) in [6.07, 6.45) is 0. The van der Waals surface area contributed by atoms with Crippen LogP contribution in [0.15, 0.2) is 57.8 Å². The zero-order valence-electron chi connectivity index (χ0n) is 18.0. The van der Waals surface area contributed by atoms with Crippen molar-refractivity contribution in [3.05, 3.63) is 60.1 Å². The molecular formula is C22H24FN3O5S. The van der Waals surface area contributed by atoms with Gasteiger partial charge >= 0.3 is 0 Å². The third kappa shape index (κ3) is 5.09. The van der Waals surface area contributed by atoms with Gasteiger partial charge in [0.1, 0.15) is 23.1 Å². The largest absolute Gasteiger partial charge is 0.495 e. The lowest BCUT2D eigenvalue weighted by atomic mass is 10.1. The Bertz CT molecular complexity index is 1240. The lowest BCUT2D eigenvalue weighted by Gasteiger charge is -2.15. The van der Waals surface area contributed by atoms with Crippen molar-refractivity contribution < 1.29 is 26.8 Å². The van der Waals surface area contributed by atoms with Crippen LogP contribution in [0.1, 0.15) is 12.7 Å². The number of halogens is 1. The predicted octanol–water partition coefficient (Wildman–Crippen LogP) is 3.75. The molecule has 3 aromatic rings. The summed E-state index contributed by atoms with van der Waals surface area (Å²) in [5, 5.41) is 5.50. The molecule has 3 N–H and O–H groups in total. The van der Waals surface area contributed by atoms with E-state index in [4.69, 9.17) is 9.15 Å². The van der Waals surface area contributed by atoms with Gasteiger partial charge in [0.15, 0.2) is 0 Å². The normalized spacial score (nSPS) is 12.3. The number of carbonyl (C=O) groups is 1. The number of aryl methyl sites for hydroxylation is 1. The fourth-order valence-corrected chi connectivity index (χ4v) is 3.97. The van der Waals surface area contributed by atoms with E-state index in [9.17, 15) is 17.6 Å². The molecule has 1 heterocycles. The third-order valence-electron chi connectivity index (χ3n) is 4.79. The molecule has 170 valence electrons. The highest BCUT2D eigenvalue weighted by Gasteiger charge is 2.20. The Labute approximate surface area is 185 Å². The second-order valence-electron chi connectivity index (χ2n) is 7.07. The van der Waals surface area contributed by atoms with E-state index in [2.05, 4.69) is 15.4 Å².